The van der Waals surface area contributed by atoms with Crippen LogP contribution in [-0.2, 0) is 11.3 Å². The fourth-order valence-electron chi connectivity index (χ4n) is 1.75. The molecule has 21 heavy (non-hydrogen) atoms. The van der Waals surface area contributed by atoms with E-state index in [0.717, 1.165) is 24.0 Å². The van der Waals surface area contributed by atoms with Crippen LogP contribution in [0.4, 0.5) is 4.79 Å². The molecule has 0 aliphatic rings. The number of thiophene rings is 1. The number of hydrogen-bond donors (Lipinski definition) is 1. The molecule has 0 aliphatic carbocycles. The molecule has 4 nitrogen and oxygen atoms in total. The fraction of sp³-hybridized carbons (Fsp3) is 0.667. The van der Waals surface area contributed by atoms with Crippen LogP contribution in [0.25, 0.3) is 0 Å². The lowest BCUT2D eigenvalue weighted by Crippen LogP contribution is -2.38. The molecule has 1 amide bonds. The van der Waals surface area contributed by atoms with E-state index in [-0.39, 0.29) is 6.09 Å². The molecule has 0 bridgehead atoms. The zero-order valence-electron chi connectivity index (χ0n) is 13.2. The van der Waals surface area contributed by atoms with Crippen molar-refractivity contribution in [2.45, 2.75) is 46.3 Å². The highest BCUT2D eigenvalue weighted by Gasteiger charge is 2.20. The first-order valence-electron chi connectivity index (χ1n) is 7.24. The second-order valence-corrected chi connectivity index (χ2v) is 7.64. The maximum Gasteiger partial charge on any atom is 0.410 e. The van der Waals surface area contributed by atoms with E-state index in [0.29, 0.717) is 13.1 Å². The number of halogens is 1. The van der Waals surface area contributed by atoms with Crippen LogP contribution in [0.5, 0.6) is 0 Å². The van der Waals surface area contributed by atoms with Crippen LogP contribution in [0.2, 0.25) is 0 Å². The fourth-order valence-corrected chi connectivity index (χ4v) is 3.22. The van der Waals surface area contributed by atoms with E-state index in [9.17, 15) is 4.79 Å². The molecule has 0 aromatic carbocycles. The Morgan fingerprint density at radius 1 is 1.48 bits per heavy atom. The monoisotopic (exact) mass is 376 g/mol. The summed E-state index contributed by atoms with van der Waals surface area (Å²) in [6, 6.07) is 2.06. The molecule has 120 valence electrons. The minimum Gasteiger partial charge on any atom is -0.444 e. The largest absolute Gasteiger partial charge is 0.444 e. The van der Waals surface area contributed by atoms with Crippen molar-refractivity contribution in [3.63, 3.8) is 0 Å². The maximum absolute atomic E-state index is 12.0. The summed E-state index contributed by atoms with van der Waals surface area (Å²) in [5.74, 6) is 0. The van der Waals surface area contributed by atoms with Crippen molar-refractivity contribution in [2.75, 3.05) is 19.6 Å². The lowest BCUT2D eigenvalue weighted by molar-refractivity contribution is 0.0258. The highest BCUT2D eigenvalue weighted by Crippen LogP contribution is 2.22. The van der Waals surface area contributed by atoms with Gasteiger partial charge in [0.1, 0.15) is 5.60 Å². The zero-order chi connectivity index (χ0) is 15.9. The maximum atomic E-state index is 12.0. The second kappa shape index (κ2) is 8.76. The van der Waals surface area contributed by atoms with Gasteiger partial charge in [0, 0.05) is 29.0 Å². The van der Waals surface area contributed by atoms with Crippen molar-refractivity contribution >= 4 is 33.4 Å². The molecule has 0 aliphatic heterocycles. The van der Waals surface area contributed by atoms with Crippen LogP contribution in [-0.4, -0.2) is 36.2 Å². The second-order valence-electron chi connectivity index (χ2n) is 5.78. The van der Waals surface area contributed by atoms with Crippen molar-refractivity contribution < 1.29 is 9.53 Å². The van der Waals surface area contributed by atoms with E-state index in [1.807, 2.05) is 27.7 Å². The number of ether oxygens (including phenoxy) is 1. The molecule has 1 heterocycles. The topological polar surface area (TPSA) is 41.6 Å². The minimum absolute atomic E-state index is 0.231. The molecular weight excluding hydrogens is 352 g/mol. The van der Waals surface area contributed by atoms with Gasteiger partial charge in [0.05, 0.1) is 0 Å². The number of nitrogens with one attached hydrogen (secondary N) is 1. The molecule has 0 spiro atoms. The van der Waals surface area contributed by atoms with Gasteiger partial charge in [-0.05, 0) is 68.0 Å². The van der Waals surface area contributed by atoms with Gasteiger partial charge in [-0.2, -0.15) is 0 Å². The first-order chi connectivity index (χ1) is 9.83. The number of hydrogen-bond acceptors (Lipinski definition) is 4. The summed E-state index contributed by atoms with van der Waals surface area (Å²) in [5, 5.41) is 5.47. The molecule has 0 atom stereocenters. The van der Waals surface area contributed by atoms with Crippen molar-refractivity contribution in [1.82, 2.24) is 10.2 Å². The number of rotatable bonds is 7. The third kappa shape index (κ3) is 7.29. The summed E-state index contributed by atoms with van der Waals surface area (Å²) < 4.78 is 6.54. The normalized spacial score (nSPS) is 11.5. The summed E-state index contributed by atoms with van der Waals surface area (Å²) in [7, 11) is 0. The average Bonchev–Trinajstić information content (AvgIpc) is 2.77. The molecule has 1 aromatic rings. The molecule has 1 aromatic heterocycles. The Balaban J connectivity index is 2.23. The van der Waals surface area contributed by atoms with Crippen LogP contribution in [0.15, 0.2) is 15.9 Å². The van der Waals surface area contributed by atoms with E-state index in [2.05, 4.69) is 32.7 Å². The lowest BCUT2D eigenvalue weighted by Gasteiger charge is -2.26. The predicted octanol–water partition coefficient (Wildman–Crippen LogP) is 4.25. The van der Waals surface area contributed by atoms with Crippen molar-refractivity contribution in [3.8, 4) is 0 Å². The SMILES string of the molecule is CCN(CCCNCc1sccc1Br)C(=O)OC(C)(C)C. The molecule has 0 unspecified atom stereocenters. The molecule has 0 fully saturated rings. The van der Waals surface area contributed by atoms with Gasteiger partial charge in [0.15, 0.2) is 0 Å². The molecule has 1 rings (SSSR count). The van der Waals surface area contributed by atoms with Gasteiger partial charge in [-0.25, -0.2) is 4.79 Å². The molecule has 0 radical (unpaired) electrons. The predicted molar refractivity (Wildman–Crippen MR) is 91.8 cm³/mol. The van der Waals surface area contributed by atoms with Crippen LogP contribution >= 0.6 is 27.3 Å². The van der Waals surface area contributed by atoms with Gasteiger partial charge >= 0.3 is 6.09 Å². The van der Waals surface area contributed by atoms with Crippen molar-refractivity contribution in [2.24, 2.45) is 0 Å². The van der Waals surface area contributed by atoms with E-state index in [1.165, 1.54) is 4.88 Å². The zero-order valence-corrected chi connectivity index (χ0v) is 15.6. The van der Waals surface area contributed by atoms with Gasteiger partial charge < -0.3 is 15.0 Å². The van der Waals surface area contributed by atoms with Gasteiger partial charge in [-0.1, -0.05) is 0 Å². The molecule has 0 saturated heterocycles. The Morgan fingerprint density at radius 2 is 2.19 bits per heavy atom. The number of carbonyl (C=O) groups is 1. The smallest absolute Gasteiger partial charge is 0.410 e. The first kappa shape index (κ1) is 18.5. The van der Waals surface area contributed by atoms with E-state index in [1.54, 1.807) is 16.2 Å². The Kier molecular flexibility index (Phi) is 7.70. The first-order valence-corrected chi connectivity index (χ1v) is 8.91. The molecule has 6 heteroatoms. The van der Waals surface area contributed by atoms with Gasteiger partial charge in [-0.3, -0.25) is 0 Å². The Bertz CT molecular complexity index is 443. The molecular formula is C15H25BrN2O2S. The molecule has 1 N–H and O–H groups in total. The van der Waals surface area contributed by atoms with Crippen LogP contribution in [0.1, 0.15) is 39.0 Å². The van der Waals surface area contributed by atoms with E-state index < -0.39 is 5.60 Å². The van der Waals surface area contributed by atoms with E-state index >= 15 is 0 Å². The summed E-state index contributed by atoms with van der Waals surface area (Å²) in [6.45, 7) is 10.8. The average molecular weight is 377 g/mol. The third-order valence-corrected chi connectivity index (χ3v) is 4.72. The van der Waals surface area contributed by atoms with Gasteiger partial charge in [-0.15, -0.1) is 11.3 Å². The van der Waals surface area contributed by atoms with E-state index in [4.69, 9.17) is 4.74 Å². The Morgan fingerprint density at radius 3 is 2.71 bits per heavy atom. The van der Waals surface area contributed by atoms with Crippen molar-refractivity contribution in [1.29, 1.82) is 0 Å². The summed E-state index contributed by atoms with van der Waals surface area (Å²) in [5.41, 5.74) is -0.436. The number of carbonyl (C=O) groups excluding carboxylic acids is 1. The third-order valence-electron chi connectivity index (χ3n) is 2.79. The Hall–Kier alpha value is -0.590. The van der Waals surface area contributed by atoms with Crippen LogP contribution in [0, 0.1) is 0 Å². The standard InChI is InChI=1S/C15H25BrN2O2S/c1-5-18(14(19)20-15(2,3)4)9-6-8-17-11-13-12(16)7-10-21-13/h7,10,17H,5-6,8-9,11H2,1-4H3. The van der Waals surface area contributed by atoms with Gasteiger partial charge in [0.2, 0.25) is 0 Å². The highest BCUT2D eigenvalue weighted by molar-refractivity contribution is 9.10. The molecule has 0 saturated carbocycles. The van der Waals surface area contributed by atoms with Gasteiger partial charge in [0.25, 0.3) is 0 Å². The number of amides is 1. The van der Waals surface area contributed by atoms with Crippen LogP contribution < -0.4 is 5.32 Å². The highest BCUT2D eigenvalue weighted by atomic mass is 79.9. The number of nitrogens with zero attached hydrogens (tertiary/aromatic N) is 1. The summed E-state index contributed by atoms with van der Waals surface area (Å²) >= 11 is 5.25. The Labute approximate surface area is 140 Å². The van der Waals surface area contributed by atoms with Crippen LogP contribution in [0.3, 0.4) is 0 Å². The van der Waals surface area contributed by atoms with Crippen molar-refractivity contribution in [3.05, 3.63) is 20.8 Å². The summed E-state index contributed by atoms with van der Waals surface area (Å²) in [4.78, 5) is 15.0. The quantitative estimate of drug-likeness (QED) is 0.723. The summed E-state index contributed by atoms with van der Waals surface area (Å²) in [6.07, 6.45) is 0.682. The lowest BCUT2D eigenvalue weighted by atomic mass is 10.2. The minimum atomic E-state index is -0.436.